The molecule has 0 aliphatic heterocycles. The van der Waals surface area contributed by atoms with Crippen molar-refractivity contribution >= 4 is 34.6 Å². The molecule has 1 aromatic carbocycles. The van der Waals surface area contributed by atoms with Gasteiger partial charge in [0.05, 0.1) is 10.8 Å². The minimum Gasteiger partial charge on any atom is -0.411 e. The molecule has 0 unspecified atom stereocenters. The van der Waals surface area contributed by atoms with Crippen molar-refractivity contribution in [2.75, 3.05) is 0 Å². The molecule has 0 bridgehead atoms. The number of nitrogens with two attached hydrogens (primary N) is 1. The zero-order valence-corrected chi connectivity index (χ0v) is 12.9. The second kappa shape index (κ2) is 6.13. The number of thioether (sulfide) groups is 1. The van der Waals surface area contributed by atoms with Crippen molar-refractivity contribution in [3.8, 4) is 11.5 Å². The Kier molecular flexibility index (Phi) is 4.02. The number of nitrogens with one attached hydrogen (secondary N) is 2. The Morgan fingerprint density at radius 3 is 2.91 bits per heavy atom. The standard InChI is InChI=1S/C14H13N5O3S/c1-7(11(20)17-13(15)21)23-14-19-18-12(22-14)9-6-16-10-5-3-2-4-8(9)10/h2-7,16H,1H3,(H3,15,17,20,21)/t7-/m1/s1. The number of nitrogens with zero attached hydrogens (tertiary/aromatic N) is 2. The number of fused-ring (bicyclic) bond motifs is 1. The van der Waals surface area contributed by atoms with Gasteiger partial charge in [-0.3, -0.25) is 10.1 Å². The predicted octanol–water partition coefficient (Wildman–Crippen LogP) is 1.89. The molecule has 8 nitrogen and oxygen atoms in total. The van der Waals surface area contributed by atoms with E-state index in [4.69, 9.17) is 10.2 Å². The van der Waals surface area contributed by atoms with E-state index in [0.29, 0.717) is 5.89 Å². The number of aromatic nitrogens is 3. The third-order valence-electron chi connectivity index (χ3n) is 3.12. The summed E-state index contributed by atoms with van der Waals surface area (Å²) in [5.74, 6) is -0.165. The third-order valence-corrected chi connectivity index (χ3v) is 4.05. The lowest BCUT2D eigenvalue weighted by Gasteiger charge is -2.06. The number of aromatic amines is 1. The van der Waals surface area contributed by atoms with Crippen LogP contribution in [-0.4, -0.2) is 32.4 Å². The molecule has 3 aromatic rings. The van der Waals surface area contributed by atoms with Gasteiger partial charge in [0.15, 0.2) is 0 Å². The van der Waals surface area contributed by atoms with Gasteiger partial charge in [-0.15, -0.1) is 10.2 Å². The number of H-pyrrole nitrogens is 1. The van der Waals surface area contributed by atoms with Crippen molar-refractivity contribution < 1.29 is 14.0 Å². The number of carbonyl (C=O) groups is 2. The number of imide groups is 1. The van der Waals surface area contributed by atoms with Crippen molar-refractivity contribution in [1.29, 1.82) is 0 Å². The normalized spacial score (nSPS) is 12.2. The second-order valence-corrected chi connectivity index (χ2v) is 6.03. The van der Waals surface area contributed by atoms with Crippen LogP contribution in [0.4, 0.5) is 4.79 Å². The fourth-order valence-corrected chi connectivity index (χ4v) is 2.73. The van der Waals surface area contributed by atoms with Crippen molar-refractivity contribution in [3.63, 3.8) is 0 Å². The first kappa shape index (κ1) is 15.1. The van der Waals surface area contributed by atoms with Crippen LogP contribution in [0.3, 0.4) is 0 Å². The molecule has 0 saturated carbocycles. The first-order chi connectivity index (χ1) is 11.0. The van der Waals surface area contributed by atoms with Gasteiger partial charge in [0, 0.05) is 17.1 Å². The third kappa shape index (κ3) is 3.19. The lowest BCUT2D eigenvalue weighted by atomic mass is 10.2. The van der Waals surface area contributed by atoms with Gasteiger partial charge in [-0.25, -0.2) is 4.79 Å². The maximum absolute atomic E-state index is 11.6. The van der Waals surface area contributed by atoms with Crippen LogP contribution in [0.2, 0.25) is 0 Å². The highest BCUT2D eigenvalue weighted by Gasteiger charge is 2.20. The zero-order chi connectivity index (χ0) is 16.4. The number of hydrogen-bond acceptors (Lipinski definition) is 6. The van der Waals surface area contributed by atoms with E-state index in [1.54, 1.807) is 13.1 Å². The largest absolute Gasteiger partial charge is 0.411 e. The molecule has 4 N–H and O–H groups in total. The molecule has 118 valence electrons. The van der Waals surface area contributed by atoms with Gasteiger partial charge < -0.3 is 15.1 Å². The number of hydrogen-bond donors (Lipinski definition) is 3. The lowest BCUT2D eigenvalue weighted by molar-refractivity contribution is -0.119. The average molecular weight is 331 g/mol. The summed E-state index contributed by atoms with van der Waals surface area (Å²) in [7, 11) is 0. The summed E-state index contributed by atoms with van der Waals surface area (Å²) < 4.78 is 5.59. The van der Waals surface area contributed by atoms with E-state index in [2.05, 4.69) is 15.2 Å². The highest BCUT2D eigenvalue weighted by atomic mass is 32.2. The molecular weight excluding hydrogens is 318 g/mol. The molecule has 0 aliphatic carbocycles. The van der Waals surface area contributed by atoms with E-state index in [0.717, 1.165) is 28.2 Å². The average Bonchev–Trinajstić information content (AvgIpc) is 3.12. The number of amides is 3. The van der Waals surface area contributed by atoms with Gasteiger partial charge in [-0.2, -0.15) is 0 Å². The van der Waals surface area contributed by atoms with Crippen LogP contribution in [0.5, 0.6) is 0 Å². The minimum atomic E-state index is -0.896. The molecule has 1 atom stereocenters. The Morgan fingerprint density at radius 1 is 1.35 bits per heavy atom. The second-order valence-electron chi connectivity index (χ2n) is 4.73. The maximum Gasteiger partial charge on any atom is 0.318 e. The van der Waals surface area contributed by atoms with E-state index >= 15 is 0 Å². The highest BCUT2D eigenvalue weighted by molar-refractivity contribution is 8.00. The van der Waals surface area contributed by atoms with Gasteiger partial charge >= 0.3 is 6.03 Å². The molecule has 0 radical (unpaired) electrons. The summed E-state index contributed by atoms with van der Waals surface area (Å²) >= 11 is 1.05. The first-order valence-electron chi connectivity index (χ1n) is 6.71. The molecule has 0 saturated heterocycles. The summed E-state index contributed by atoms with van der Waals surface area (Å²) in [6.07, 6.45) is 1.79. The summed E-state index contributed by atoms with van der Waals surface area (Å²) in [4.78, 5) is 25.4. The van der Waals surface area contributed by atoms with E-state index in [9.17, 15) is 9.59 Å². The minimum absolute atomic E-state index is 0.234. The Hall–Kier alpha value is -2.81. The maximum atomic E-state index is 11.6. The van der Waals surface area contributed by atoms with Gasteiger partial charge in [0.2, 0.25) is 5.91 Å². The summed E-state index contributed by atoms with van der Waals surface area (Å²) in [5.41, 5.74) is 6.66. The van der Waals surface area contributed by atoms with Crippen molar-refractivity contribution in [1.82, 2.24) is 20.5 Å². The molecule has 3 rings (SSSR count). The Labute approximate surface area is 134 Å². The van der Waals surface area contributed by atoms with Crippen molar-refractivity contribution in [2.45, 2.75) is 17.4 Å². The highest BCUT2D eigenvalue weighted by Crippen LogP contribution is 2.30. The van der Waals surface area contributed by atoms with Crippen LogP contribution < -0.4 is 11.1 Å². The fourth-order valence-electron chi connectivity index (χ4n) is 2.04. The molecule has 0 aliphatic rings. The molecule has 23 heavy (non-hydrogen) atoms. The van der Waals surface area contributed by atoms with Crippen LogP contribution in [0.25, 0.3) is 22.4 Å². The van der Waals surface area contributed by atoms with Crippen LogP contribution >= 0.6 is 11.8 Å². The summed E-state index contributed by atoms with van der Waals surface area (Å²) in [6, 6.07) is 6.84. The quantitative estimate of drug-likeness (QED) is 0.627. The van der Waals surface area contributed by atoms with Crippen molar-refractivity contribution in [2.24, 2.45) is 5.73 Å². The number of primary amides is 1. The molecular formula is C14H13N5O3S. The molecule has 3 amide bonds. The van der Waals surface area contributed by atoms with Crippen LogP contribution in [0.1, 0.15) is 6.92 Å². The SMILES string of the molecule is C[C@@H](Sc1nnc(-c2c[nH]c3ccccc23)o1)C(=O)NC(N)=O. The molecule has 2 aromatic heterocycles. The van der Waals surface area contributed by atoms with Crippen LogP contribution in [-0.2, 0) is 4.79 Å². The van der Waals surface area contributed by atoms with Crippen LogP contribution in [0, 0.1) is 0 Å². The smallest absolute Gasteiger partial charge is 0.318 e. The molecule has 2 heterocycles. The molecule has 0 spiro atoms. The first-order valence-corrected chi connectivity index (χ1v) is 7.59. The number of para-hydroxylation sites is 1. The van der Waals surface area contributed by atoms with E-state index in [1.165, 1.54) is 0 Å². The Bertz CT molecular complexity index is 872. The fraction of sp³-hybridized carbons (Fsp3) is 0.143. The van der Waals surface area contributed by atoms with E-state index < -0.39 is 17.2 Å². The summed E-state index contributed by atoms with van der Waals surface area (Å²) in [6.45, 7) is 1.61. The Morgan fingerprint density at radius 2 is 2.13 bits per heavy atom. The van der Waals surface area contributed by atoms with Gasteiger partial charge in [0.1, 0.15) is 0 Å². The number of rotatable bonds is 4. The van der Waals surface area contributed by atoms with Gasteiger partial charge in [-0.05, 0) is 13.0 Å². The Balaban J connectivity index is 1.78. The van der Waals surface area contributed by atoms with Crippen molar-refractivity contribution in [3.05, 3.63) is 30.5 Å². The van der Waals surface area contributed by atoms with E-state index in [1.807, 2.05) is 29.6 Å². The lowest BCUT2D eigenvalue weighted by Crippen LogP contribution is -2.39. The zero-order valence-electron chi connectivity index (χ0n) is 12.1. The number of benzene rings is 1. The van der Waals surface area contributed by atoms with E-state index in [-0.39, 0.29) is 5.22 Å². The number of urea groups is 1. The van der Waals surface area contributed by atoms with Gasteiger partial charge in [-0.1, -0.05) is 30.0 Å². The molecule has 9 heteroatoms. The van der Waals surface area contributed by atoms with Gasteiger partial charge in [0.25, 0.3) is 11.1 Å². The number of carbonyl (C=O) groups excluding carboxylic acids is 2. The predicted molar refractivity (Wildman–Crippen MR) is 84.6 cm³/mol. The topological polar surface area (TPSA) is 127 Å². The summed E-state index contributed by atoms with van der Waals surface area (Å²) in [5, 5.41) is 10.5. The molecule has 0 fully saturated rings. The monoisotopic (exact) mass is 331 g/mol. The van der Waals surface area contributed by atoms with Crippen LogP contribution in [0.15, 0.2) is 40.1 Å².